The first-order valence-electron chi connectivity index (χ1n) is 7.50. The number of rotatable bonds is 0. The minimum Gasteiger partial charge on any atom is -1.00 e. The molecule has 2 rings (SSSR count). The SMILES string of the molecule is CC1=[C-]C(C)(C)C(C)=C1C.CC1=[C-]C(C)(C)C(C)=C1C.[H-].[H-].[H-].[H-].[K+].[Zr+2]. The van der Waals surface area contributed by atoms with Crippen molar-refractivity contribution in [2.24, 2.45) is 10.8 Å². The molecule has 0 radical (unpaired) electrons. The molecule has 0 fully saturated rings. The van der Waals surface area contributed by atoms with Crippen LogP contribution in [-0.2, 0) is 26.2 Å². The Balaban J connectivity index is -0.0000000625. The molecule has 0 atom stereocenters. The van der Waals surface area contributed by atoms with E-state index in [0.29, 0.717) is 0 Å². The molecule has 2 heteroatoms. The minimum atomic E-state index is 0. The van der Waals surface area contributed by atoms with Gasteiger partial charge in [0.05, 0.1) is 0 Å². The molecular weight excluding hydrogens is 371 g/mol. The van der Waals surface area contributed by atoms with Crippen LogP contribution in [0.15, 0.2) is 33.4 Å². The molecule has 0 saturated carbocycles. The fraction of sp³-hybridized carbons (Fsp3) is 0.600. The molecule has 2 aliphatic carbocycles. The van der Waals surface area contributed by atoms with Gasteiger partial charge in [-0.05, 0) is 0 Å². The summed E-state index contributed by atoms with van der Waals surface area (Å²) >= 11 is 0. The van der Waals surface area contributed by atoms with Crippen LogP contribution < -0.4 is 51.4 Å². The van der Waals surface area contributed by atoms with Crippen molar-refractivity contribution in [2.45, 2.75) is 69.2 Å². The van der Waals surface area contributed by atoms with E-state index in [9.17, 15) is 0 Å². The van der Waals surface area contributed by atoms with E-state index in [0.717, 1.165) is 0 Å². The second kappa shape index (κ2) is 9.25. The van der Waals surface area contributed by atoms with Gasteiger partial charge in [-0.25, -0.2) is 11.1 Å². The molecule has 0 saturated heterocycles. The van der Waals surface area contributed by atoms with Gasteiger partial charge in [-0.15, -0.1) is 13.8 Å². The quantitative estimate of drug-likeness (QED) is 0.427. The van der Waals surface area contributed by atoms with Crippen LogP contribution in [0.1, 0.15) is 74.9 Å². The van der Waals surface area contributed by atoms with Gasteiger partial charge < -0.3 is 5.71 Å². The maximum Gasteiger partial charge on any atom is 2.00 e. The largest absolute Gasteiger partial charge is 2.00 e. The van der Waals surface area contributed by atoms with E-state index in [4.69, 9.17) is 0 Å². The second-order valence-electron chi connectivity index (χ2n) is 7.25. The molecule has 0 amide bonds. The third-order valence-electron chi connectivity index (χ3n) is 5.12. The average molecular weight is 405 g/mol. The molecule has 2 aliphatic rings. The minimum absolute atomic E-state index is 0. The fourth-order valence-electron chi connectivity index (χ4n) is 2.81. The number of hydrogen-bond acceptors (Lipinski definition) is 0. The smallest absolute Gasteiger partial charge is 1.00 e. The Morgan fingerprint density at radius 1 is 0.636 bits per heavy atom. The summed E-state index contributed by atoms with van der Waals surface area (Å²) in [6, 6.07) is 0. The predicted octanol–water partition coefficient (Wildman–Crippen LogP) is 3.68. The van der Waals surface area contributed by atoms with Crippen molar-refractivity contribution in [1.82, 2.24) is 0 Å². The molecule has 0 heterocycles. The normalized spacial score (nSPS) is 21.4. The Labute approximate surface area is 206 Å². The Morgan fingerprint density at radius 2 is 0.864 bits per heavy atom. The van der Waals surface area contributed by atoms with Gasteiger partial charge in [-0.3, -0.25) is 12.2 Å². The summed E-state index contributed by atoms with van der Waals surface area (Å²) < 4.78 is 0. The van der Waals surface area contributed by atoms with E-state index in [1.165, 1.54) is 33.4 Å². The number of allylic oxidation sites excluding steroid dienone is 8. The van der Waals surface area contributed by atoms with Gasteiger partial charge in [0.2, 0.25) is 0 Å². The van der Waals surface area contributed by atoms with Gasteiger partial charge in [-0.1, -0.05) is 66.2 Å². The molecule has 0 unspecified atom stereocenters. The molecular formula is C20H34KZr-3. The van der Waals surface area contributed by atoms with Crippen molar-refractivity contribution >= 4 is 0 Å². The van der Waals surface area contributed by atoms with Gasteiger partial charge in [0.25, 0.3) is 0 Å². The molecule has 0 aliphatic heterocycles. The molecule has 22 heavy (non-hydrogen) atoms. The van der Waals surface area contributed by atoms with Crippen molar-refractivity contribution in [3.8, 4) is 0 Å². The van der Waals surface area contributed by atoms with Gasteiger partial charge in [-0.2, -0.15) is 22.3 Å². The summed E-state index contributed by atoms with van der Waals surface area (Å²) in [5, 5.41) is 0. The van der Waals surface area contributed by atoms with Crippen molar-refractivity contribution < 1.29 is 83.3 Å². The fourth-order valence-corrected chi connectivity index (χ4v) is 2.81. The average Bonchev–Trinajstić information content (AvgIpc) is 2.60. The molecule has 0 aromatic rings. The first kappa shape index (κ1) is 25.7. The summed E-state index contributed by atoms with van der Waals surface area (Å²) in [4.78, 5) is 0. The first-order valence-corrected chi connectivity index (χ1v) is 7.50. The van der Waals surface area contributed by atoms with E-state index >= 15 is 0 Å². The van der Waals surface area contributed by atoms with Crippen LogP contribution in [0.2, 0.25) is 0 Å². The zero-order valence-corrected chi connectivity index (χ0v) is 22.1. The van der Waals surface area contributed by atoms with E-state index < -0.39 is 0 Å². The van der Waals surface area contributed by atoms with E-state index in [1.54, 1.807) is 0 Å². The molecule has 0 nitrogen and oxygen atoms in total. The molecule has 0 aromatic heterocycles. The molecule has 0 N–H and O–H groups in total. The molecule has 0 aromatic carbocycles. The summed E-state index contributed by atoms with van der Waals surface area (Å²) in [7, 11) is 0. The first-order chi connectivity index (χ1) is 8.90. The maximum absolute atomic E-state index is 3.44. The Hall–Kier alpha value is 1.48. The van der Waals surface area contributed by atoms with Crippen LogP contribution in [-0.4, -0.2) is 0 Å². The van der Waals surface area contributed by atoms with Crippen LogP contribution in [0, 0.1) is 23.0 Å². The monoisotopic (exact) mass is 403 g/mol. The summed E-state index contributed by atoms with van der Waals surface area (Å²) in [5.41, 5.74) is 8.79. The maximum atomic E-state index is 3.44. The van der Waals surface area contributed by atoms with Crippen molar-refractivity contribution in [3.05, 3.63) is 45.6 Å². The van der Waals surface area contributed by atoms with Crippen molar-refractivity contribution in [2.75, 3.05) is 0 Å². The van der Waals surface area contributed by atoms with Crippen LogP contribution >= 0.6 is 0 Å². The predicted molar refractivity (Wildman–Crippen MR) is 93.6 cm³/mol. The van der Waals surface area contributed by atoms with Gasteiger partial charge in [0, 0.05) is 0 Å². The Kier molecular flexibility index (Phi) is 10.8. The zero-order valence-electron chi connectivity index (χ0n) is 20.5. The van der Waals surface area contributed by atoms with Gasteiger partial charge >= 0.3 is 77.6 Å². The van der Waals surface area contributed by atoms with E-state index in [-0.39, 0.29) is 94.1 Å². The van der Waals surface area contributed by atoms with Gasteiger partial charge in [0.15, 0.2) is 0 Å². The summed E-state index contributed by atoms with van der Waals surface area (Å²) in [6.45, 7) is 21.8. The van der Waals surface area contributed by atoms with Crippen LogP contribution in [0.5, 0.6) is 0 Å². The Bertz CT molecular complexity index is 506. The molecule has 0 spiro atoms. The Morgan fingerprint density at radius 3 is 0.909 bits per heavy atom. The topological polar surface area (TPSA) is 0 Å². The molecule has 122 valence electrons. The summed E-state index contributed by atoms with van der Waals surface area (Å²) in [6.07, 6.45) is 6.87. The second-order valence-corrected chi connectivity index (χ2v) is 7.25. The van der Waals surface area contributed by atoms with Crippen molar-refractivity contribution in [3.63, 3.8) is 0 Å². The van der Waals surface area contributed by atoms with Crippen LogP contribution in [0.3, 0.4) is 0 Å². The third kappa shape index (κ3) is 5.78. The number of hydrogen-bond donors (Lipinski definition) is 0. The summed E-state index contributed by atoms with van der Waals surface area (Å²) in [5.74, 6) is 0. The molecule has 0 bridgehead atoms. The van der Waals surface area contributed by atoms with Gasteiger partial charge in [0.1, 0.15) is 0 Å². The van der Waals surface area contributed by atoms with Crippen molar-refractivity contribution in [1.29, 1.82) is 0 Å². The van der Waals surface area contributed by atoms with Crippen LogP contribution in [0.25, 0.3) is 0 Å². The zero-order chi connectivity index (χ0) is 15.9. The van der Waals surface area contributed by atoms with E-state index in [1.807, 2.05) is 0 Å². The standard InChI is InChI=1S/2C10H15.K.Zr.4H/c2*1-7-6-10(4,5)9(3)8(7)2;;;;;;/h2*1-5H3;;;;;;/q2*-1;+1;+2;4*-1. The van der Waals surface area contributed by atoms with Crippen LogP contribution in [0.4, 0.5) is 0 Å². The third-order valence-corrected chi connectivity index (χ3v) is 5.12. The van der Waals surface area contributed by atoms with E-state index in [2.05, 4.69) is 81.4 Å².